The highest BCUT2D eigenvalue weighted by molar-refractivity contribution is 8.07. The lowest BCUT2D eigenvalue weighted by Gasteiger charge is -2.23. The predicted molar refractivity (Wildman–Crippen MR) is 130 cm³/mol. The topological polar surface area (TPSA) is 116 Å². The van der Waals surface area contributed by atoms with Crippen molar-refractivity contribution in [3.63, 3.8) is 0 Å². The van der Waals surface area contributed by atoms with E-state index in [1.807, 2.05) is 0 Å². The maximum atomic E-state index is 12.2. The number of halogens is 9. The molecule has 228 valence electrons. The van der Waals surface area contributed by atoms with Gasteiger partial charge in [-0.15, -0.1) is 7.54 Å². The van der Waals surface area contributed by atoms with Crippen molar-refractivity contribution >= 4 is 40.8 Å². The van der Waals surface area contributed by atoms with Gasteiger partial charge < -0.3 is 4.55 Å². The molecule has 0 saturated carbocycles. The fourth-order valence-corrected chi connectivity index (χ4v) is 8.53. The van der Waals surface area contributed by atoms with Crippen molar-refractivity contribution in [1.82, 2.24) is 0 Å². The highest BCUT2D eigenvalue weighted by atomic mass is 32.3. The van der Waals surface area contributed by atoms with Crippen LogP contribution in [-0.2, 0) is 40.8 Å². The Morgan fingerprint density at radius 2 is 1.00 bits per heavy atom. The number of nitrogens with zero attached hydrogens (tertiary/aromatic N) is 2. The molecule has 0 atom stereocenters. The Balaban J connectivity index is 0.000000406. The van der Waals surface area contributed by atoms with E-state index in [1.54, 1.807) is 0 Å². The molecule has 0 aliphatic rings. The van der Waals surface area contributed by atoms with Crippen LogP contribution < -0.4 is 0 Å². The first-order valence-corrected chi connectivity index (χ1v) is 16.3. The van der Waals surface area contributed by atoms with Crippen LogP contribution in [0.1, 0.15) is 26.2 Å². The van der Waals surface area contributed by atoms with Crippen LogP contribution in [0.3, 0.4) is 0 Å². The lowest BCUT2D eigenvalue weighted by Crippen LogP contribution is -2.31. The predicted octanol–water partition coefficient (Wildman–Crippen LogP) is 6.77. The van der Waals surface area contributed by atoms with E-state index in [9.17, 15) is 60.9 Å². The molecule has 0 aliphatic carbocycles. The summed E-state index contributed by atoms with van der Waals surface area (Å²) in [5.74, 6) is 1.28. The van der Waals surface area contributed by atoms with Gasteiger partial charge in [0.2, 0.25) is 0 Å². The van der Waals surface area contributed by atoms with Crippen LogP contribution in [-0.4, -0.2) is 43.7 Å². The van der Waals surface area contributed by atoms with Crippen LogP contribution in [0, 0.1) is 0 Å². The number of sulfonamides is 2. The van der Waals surface area contributed by atoms with Gasteiger partial charge in [0.15, 0.2) is 9.79 Å². The fourth-order valence-electron chi connectivity index (χ4n) is 2.49. The van der Waals surface area contributed by atoms with Crippen molar-refractivity contribution in [3.8, 4) is 0 Å². The zero-order valence-electron chi connectivity index (χ0n) is 20.1. The Labute approximate surface area is 227 Å². The molecule has 0 radical (unpaired) electrons. The molecule has 2 aromatic carbocycles. The third-order valence-corrected chi connectivity index (χ3v) is 11.6. The standard InChI is InChI=1S/C17H21S.C3F9N2O5S3/c1-2-3-10-15-18(16-11-6-4-7-12-16)17-13-8-5-9-14-17;4-1(5,6)20(15,13-21(16,17)2(7,8)9)14-22(18,19)3(10,11)12/h4-9,11-14H,2-3,10,15H2,1H3;/q+1;-1. The molecule has 0 spiro atoms. The summed E-state index contributed by atoms with van der Waals surface area (Å²) in [7, 11) is -21.6. The van der Waals surface area contributed by atoms with E-state index in [1.165, 1.54) is 34.8 Å². The molecule has 0 saturated heterocycles. The minimum absolute atomic E-state index is 0.247. The molecule has 0 amide bonds. The lowest BCUT2D eigenvalue weighted by molar-refractivity contribution is -0.0460. The first kappa shape index (κ1) is 36.0. The van der Waals surface area contributed by atoms with Crippen LogP contribution in [0.5, 0.6) is 0 Å². The molecular formula is C20H21F9N2O5S4. The third kappa shape index (κ3) is 10.1. The van der Waals surface area contributed by atoms with Gasteiger partial charge in [-0.3, -0.25) is 0 Å². The number of alkyl halides is 9. The first-order chi connectivity index (χ1) is 18.1. The quantitative estimate of drug-likeness (QED) is 0.175. The minimum Gasteiger partial charge on any atom is -0.772 e. The van der Waals surface area contributed by atoms with Gasteiger partial charge in [-0.1, -0.05) is 49.7 Å². The van der Waals surface area contributed by atoms with E-state index >= 15 is 0 Å². The van der Waals surface area contributed by atoms with E-state index in [-0.39, 0.29) is 10.9 Å². The van der Waals surface area contributed by atoms with Crippen molar-refractivity contribution < 1.29 is 60.9 Å². The lowest BCUT2D eigenvalue weighted by atomic mass is 10.3. The average Bonchev–Trinajstić information content (AvgIpc) is 2.80. The number of hydrogen-bond acceptors (Lipinski definition) is 5. The smallest absolute Gasteiger partial charge is 0.519 e. The second kappa shape index (κ2) is 13.8. The normalized spacial score (nSPS) is 13.4. The Morgan fingerprint density at radius 1 is 0.650 bits per heavy atom. The number of benzene rings is 2. The Morgan fingerprint density at radius 3 is 1.27 bits per heavy atom. The highest BCUT2D eigenvalue weighted by Crippen LogP contribution is 2.35. The second-order valence-corrected chi connectivity index (χ2v) is 15.0. The monoisotopic (exact) mass is 668 g/mol. The number of hydrogen-bond donors (Lipinski definition) is 0. The van der Waals surface area contributed by atoms with Gasteiger partial charge in [0.05, 0.1) is 10.9 Å². The number of unbranched alkanes of at least 4 members (excludes halogenated alkanes) is 2. The van der Waals surface area contributed by atoms with Gasteiger partial charge in [-0.05, 0) is 37.1 Å². The molecule has 0 aromatic heterocycles. The van der Waals surface area contributed by atoms with Crippen molar-refractivity contribution in [2.24, 2.45) is 7.54 Å². The van der Waals surface area contributed by atoms with Crippen LogP contribution in [0.25, 0.3) is 0 Å². The van der Waals surface area contributed by atoms with E-state index in [0.29, 0.717) is 7.54 Å². The van der Waals surface area contributed by atoms with Gasteiger partial charge in [-0.25, -0.2) is 0 Å². The molecule has 2 aromatic rings. The molecule has 0 fully saturated rings. The largest absolute Gasteiger partial charge is 0.772 e. The van der Waals surface area contributed by atoms with Crippen molar-refractivity contribution in [3.05, 3.63) is 60.7 Å². The molecule has 7 nitrogen and oxygen atoms in total. The summed E-state index contributed by atoms with van der Waals surface area (Å²) in [6, 6.07) is 21.9. The number of rotatable bonds is 8. The van der Waals surface area contributed by atoms with Crippen molar-refractivity contribution in [1.29, 1.82) is 0 Å². The Kier molecular flexibility index (Phi) is 12.4. The van der Waals surface area contributed by atoms with E-state index in [2.05, 4.69) is 67.6 Å². The maximum absolute atomic E-state index is 12.2. The summed E-state index contributed by atoms with van der Waals surface area (Å²) in [6.45, 7) is 2.27. The molecule has 0 aliphatic heterocycles. The van der Waals surface area contributed by atoms with Crippen LogP contribution >= 0.6 is 0 Å². The fraction of sp³-hybridized carbons (Fsp3) is 0.400. The Hall–Kier alpha value is -2.03. The molecule has 2 rings (SSSR count). The highest BCUT2D eigenvalue weighted by Gasteiger charge is 2.51. The Bertz CT molecular complexity index is 1340. The van der Waals surface area contributed by atoms with Crippen molar-refractivity contribution in [2.45, 2.75) is 52.5 Å². The van der Waals surface area contributed by atoms with Gasteiger partial charge in [0, 0.05) is 9.90 Å². The zero-order valence-corrected chi connectivity index (χ0v) is 23.3. The maximum Gasteiger partial charge on any atom is 0.519 e. The summed E-state index contributed by atoms with van der Waals surface area (Å²) in [4.78, 5) is 2.94. The molecule has 0 bridgehead atoms. The molecular weight excluding hydrogens is 647 g/mol. The average molecular weight is 669 g/mol. The van der Waals surface area contributed by atoms with Crippen LogP contribution in [0.15, 0.2) is 78.0 Å². The van der Waals surface area contributed by atoms with E-state index < -0.39 is 46.5 Å². The van der Waals surface area contributed by atoms with Crippen LogP contribution in [0.4, 0.5) is 39.5 Å². The molecule has 0 heterocycles. The first-order valence-electron chi connectivity index (χ1n) is 10.6. The summed E-state index contributed by atoms with van der Waals surface area (Å²) >= 11 is 0. The van der Waals surface area contributed by atoms with Gasteiger partial charge in [0.25, 0.3) is 0 Å². The summed E-state index contributed by atoms with van der Waals surface area (Å²) in [6.07, 6.45) is 3.95. The summed E-state index contributed by atoms with van der Waals surface area (Å²) in [5, 5.41) is 0. The SMILES string of the molecule is CCCCC[S+](c1ccccc1)c1ccccc1.O=S(=O)(N=S([O-])(=NS(=O)(=O)C(F)(F)F)C(F)(F)F)C(F)(F)F. The summed E-state index contributed by atoms with van der Waals surface area (Å²) in [5.41, 5.74) is -19.9. The molecule has 40 heavy (non-hydrogen) atoms. The van der Waals surface area contributed by atoms with Crippen LogP contribution in [0.2, 0.25) is 0 Å². The van der Waals surface area contributed by atoms with Gasteiger partial charge in [0.1, 0.15) is 5.75 Å². The van der Waals surface area contributed by atoms with Gasteiger partial charge in [-0.2, -0.15) is 56.3 Å². The third-order valence-electron chi connectivity index (χ3n) is 4.29. The molecule has 0 unspecified atom stereocenters. The van der Waals surface area contributed by atoms with Gasteiger partial charge >= 0.3 is 36.6 Å². The van der Waals surface area contributed by atoms with E-state index in [4.69, 9.17) is 0 Å². The van der Waals surface area contributed by atoms with Crippen molar-refractivity contribution in [2.75, 3.05) is 5.75 Å². The summed E-state index contributed by atoms with van der Waals surface area (Å²) < 4.78 is 161. The molecule has 0 N–H and O–H groups in total. The van der Waals surface area contributed by atoms with E-state index in [0.717, 1.165) is 0 Å². The minimum atomic E-state index is -7.35. The zero-order chi connectivity index (χ0) is 31.0. The molecule has 20 heteroatoms. The second-order valence-electron chi connectivity index (χ2n) is 7.36.